The third-order valence-corrected chi connectivity index (χ3v) is 6.64. The van der Waals surface area contributed by atoms with Crippen molar-refractivity contribution in [3.8, 4) is 22.9 Å². The van der Waals surface area contributed by atoms with Gasteiger partial charge in [0, 0.05) is 30.2 Å². The van der Waals surface area contributed by atoms with Crippen molar-refractivity contribution in [2.24, 2.45) is 14.1 Å². The maximum absolute atomic E-state index is 13.0. The molecule has 2 aromatic heterocycles. The molecule has 11 heteroatoms. The average molecular weight is 513 g/mol. The summed E-state index contributed by atoms with van der Waals surface area (Å²) in [5, 5.41) is 0.978. The number of aromatic nitrogens is 4. The number of rotatable bonds is 7. The van der Waals surface area contributed by atoms with E-state index in [0.29, 0.717) is 32.7 Å². The molecule has 4 rings (SSSR count). The van der Waals surface area contributed by atoms with E-state index in [9.17, 15) is 14.4 Å². The monoisotopic (exact) mass is 512 g/mol. The van der Waals surface area contributed by atoms with Crippen LogP contribution in [0, 0.1) is 0 Å². The zero-order chi connectivity index (χ0) is 25.3. The number of ketones is 1. The number of aryl methyl sites for hydroxylation is 1. The van der Waals surface area contributed by atoms with Gasteiger partial charge in [0.1, 0.15) is 10.4 Å². The quantitative estimate of drug-likeness (QED) is 0.211. The Morgan fingerprint density at radius 1 is 0.971 bits per heavy atom. The van der Waals surface area contributed by atoms with Gasteiger partial charge in [0.15, 0.2) is 28.8 Å². The fourth-order valence-corrected chi connectivity index (χ4v) is 4.53. The molecule has 0 N–H and O–H groups in total. The molecule has 9 nitrogen and oxygen atoms in total. The van der Waals surface area contributed by atoms with Gasteiger partial charge in [-0.25, -0.2) is 14.8 Å². The molecule has 180 valence electrons. The number of ether oxygens (including phenoxy) is 2. The molecular formula is C24H21ClN4O5S. The Morgan fingerprint density at radius 2 is 1.66 bits per heavy atom. The van der Waals surface area contributed by atoms with Crippen molar-refractivity contribution < 1.29 is 14.3 Å². The number of Topliss-reactive ketones (excluding diaryl/α,β-unsaturated/α-hetero) is 1. The normalized spacial score (nSPS) is 11.0. The third kappa shape index (κ3) is 4.67. The first-order valence-corrected chi connectivity index (χ1v) is 11.7. The Kier molecular flexibility index (Phi) is 6.95. The second kappa shape index (κ2) is 9.93. The molecule has 0 saturated carbocycles. The number of thioether (sulfide) groups is 1. The molecular weight excluding hydrogens is 492 g/mol. The van der Waals surface area contributed by atoms with Gasteiger partial charge in [0.25, 0.3) is 5.56 Å². The van der Waals surface area contributed by atoms with Gasteiger partial charge in [-0.2, -0.15) is 0 Å². The van der Waals surface area contributed by atoms with E-state index in [2.05, 4.69) is 9.97 Å². The van der Waals surface area contributed by atoms with Crippen LogP contribution in [0.4, 0.5) is 0 Å². The van der Waals surface area contributed by atoms with Gasteiger partial charge in [-0.15, -0.1) is 0 Å². The fourth-order valence-electron chi connectivity index (χ4n) is 3.49. The minimum atomic E-state index is -0.539. The highest BCUT2D eigenvalue weighted by Gasteiger charge is 2.20. The number of fused-ring (bicyclic) bond motifs is 1. The predicted octanol–water partition coefficient (Wildman–Crippen LogP) is 3.34. The van der Waals surface area contributed by atoms with Gasteiger partial charge in [-0.3, -0.25) is 18.7 Å². The van der Waals surface area contributed by atoms with E-state index in [1.54, 1.807) is 42.5 Å². The first-order chi connectivity index (χ1) is 16.7. The Hall–Kier alpha value is -3.63. The van der Waals surface area contributed by atoms with Gasteiger partial charge in [0.2, 0.25) is 0 Å². The van der Waals surface area contributed by atoms with Crippen LogP contribution in [0.15, 0.2) is 57.1 Å². The number of hydrogen-bond donors (Lipinski definition) is 0. The first kappa shape index (κ1) is 24.5. The van der Waals surface area contributed by atoms with Crippen LogP contribution in [-0.4, -0.2) is 44.9 Å². The predicted molar refractivity (Wildman–Crippen MR) is 135 cm³/mol. The summed E-state index contributed by atoms with van der Waals surface area (Å²) in [6, 6.07) is 11.7. The molecule has 0 unspecified atom stereocenters. The molecule has 0 atom stereocenters. The maximum atomic E-state index is 13.0. The lowest BCUT2D eigenvalue weighted by Crippen LogP contribution is -2.37. The standard InChI is InChI=1S/C24H21ClN4O5S/c1-28-21-19(23(31)29(2)24(28)32)22(35-12-16(30)13-5-8-15(25)9-6-13)27-20(26-21)14-7-10-17(33-3)18(11-14)34-4/h5-11H,12H2,1-4H3. The summed E-state index contributed by atoms with van der Waals surface area (Å²) in [6.07, 6.45) is 0. The van der Waals surface area contributed by atoms with Crippen molar-refractivity contribution in [2.75, 3.05) is 20.0 Å². The summed E-state index contributed by atoms with van der Waals surface area (Å²) in [5.41, 5.74) is 0.180. The van der Waals surface area contributed by atoms with Gasteiger partial charge in [-0.05, 0) is 42.5 Å². The summed E-state index contributed by atoms with van der Waals surface area (Å²) in [7, 11) is 5.96. The smallest absolute Gasteiger partial charge is 0.332 e. The van der Waals surface area contributed by atoms with E-state index in [1.807, 2.05) is 0 Å². The lowest BCUT2D eigenvalue weighted by molar-refractivity contribution is 0.102. The van der Waals surface area contributed by atoms with Crippen molar-refractivity contribution >= 4 is 40.2 Å². The molecule has 0 aliphatic rings. The van der Waals surface area contributed by atoms with Crippen LogP contribution in [0.2, 0.25) is 5.02 Å². The highest BCUT2D eigenvalue weighted by molar-refractivity contribution is 8.00. The molecule has 0 bridgehead atoms. The summed E-state index contributed by atoms with van der Waals surface area (Å²) >= 11 is 7.02. The second-order valence-electron chi connectivity index (χ2n) is 7.55. The van der Waals surface area contributed by atoms with E-state index in [-0.39, 0.29) is 28.4 Å². The average Bonchev–Trinajstić information content (AvgIpc) is 2.88. The van der Waals surface area contributed by atoms with Crippen molar-refractivity contribution in [1.82, 2.24) is 19.1 Å². The Balaban J connectivity index is 1.86. The van der Waals surface area contributed by atoms with Crippen LogP contribution < -0.4 is 20.7 Å². The number of hydrogen-bond acceptors (Lipinski definition) is 8. The number of benzene rings is 2. The molecule has 2 heterocycles. The van der Waals surface area contributed by atoms with Crippen molar-refractivity contribution in [3.63, 3.8) is 0 Å². The molecule has 4 aromatic rings. The van der Waals surface area contributed by atoms with Gasteiger partial charge < -0.3 is 9.47 Å². The number of nitrogens with zero attached hydrogens (tertiary/aromatic N) is 4. The number of methoxy groups -OCH3 is 2. The molecule has 0 fully saturated rings. The van der Waals surface area contributed by atoms with Crippen molar-refractivity contribution in [2.45, 2.75) is 5.03 Å². The van der Waals surface area contributed by atoms with Crippen LogP contribution in [0.3, 0.4) is 0 Å². The first-order valence-electron chi connectivity index (χ1n) is 10.4. The highest BCUT2D eigenvalue weighted by Crippen LogP contribution is 2.33. The molecule has 0 spiro atoms. The van der Waals surface area contributed by atoms with Gasteiger partial charge in [-0.1, -0.05) is 23.4 Å². The van der Waals surface area contributed by atoms with Gasteiger partial charge >= 0.3 is 5.69 Å². The second-order valence-corrected chi connectivity index (χ2v) is 8.95. The van der Waals surface area contributed by atoms with Crippen LogP contribution in [0.5, 0.6) is 11.5 Å². The molecule has 0 saturated heterocycles. The largest absolute Gasteiger partial charge is 0.493 e. The van der Waals surface area contributed by atoms with E-state index in [4.69, 9.17) is 21.1 Å². The van der Waals surface area contributed by atoms with Crippen LogP contribution in [0.1, 0.15) is 10.4 Å². The van der Waals surface area contributed by atoms with Crippen LogP contribution >= 0.6 is 23.4 Å². The third-order valence-electron chi connectivity index (χ3n) is 5.41. The molecule has 0 radical (unpaired) electrons. The topological polar surface area (TPSA) is 105 Å². The van der Waals surface area contributed by atoms with Gasteiger partial charge in [0.05, 0.1) is 20.0 Å². The number of halogens is 1. The molecule has 0 aliphatic carbocycles. The number of carbonyl (C=O) groups excluding carboxylic acids is 1. The minimum absolute atomic E-state index is 0.0190. The van der Waals surface area contributed by atoms with E-state index in [1.165, 1.54) is 32.9 Å². The zero-order valence-electron chi connectivity index (χ0n) is 19.4. The summed E-state index contributed by atoms with van der Waals surface area (Å²) in [5.74, 6) is 1.13. The maximum Gasteiger partial charge on any atom is 0.332 e. The molecule has 0 aliphatic heterocycles. The zero-order valence-corrected chi connectivity index (χ0v) is 20.9. The Labute approximate surface area is 209 Å². The van der Waals surface area contributed by atoms with Crippen molar-refractivity contribution in [1.29, 1.82) is 0 Å². The highest BCUT2D eigenvalue weighted by atomic mass is 35.5. The van der Waals surface area contributed by atoms with Crippen molar-refractivity contribution in [3.05, 3.63) is 73.9 Å². The summed E-state index contributed by atoms with van der Waals surface area (Å²) in [4.78, 5) is 47.5. The van der Waals surface area contributed by atoms with Crippen LogP contribution in [-0.2, 0) is 14.1 Å². The number of carbonyl (C=O) groups is 1. The van der Waals surface area contributed by atoms with E-state index in [0.717, 1.165) is 16.3 Å². The summed E-state index contributed by atoms with van der Waals surface area (Å²) in [6.45, 7) is 0. The fraction of sp³-hybridized carbons (Fsp3) is 0.208. The Morgan fingerprint density at radius 3 is 2.31 bits per heavy atom. The lowest BCUT2D eigenvalue weighted by atomic mass is 10.1. The summed E-state index contributed by atoms with van der Waals surface area (Å²) < 4.78 is 13.0. The molecule has 0 amide bonds. The minimum Gasteiger partial charge on any atom is -0.493 e. The van der Waals surface area contributed by atoms with E-state index < -0.39 is 11.2 Å². The lowest BCUT2D eigenvalue weighted by Gasteiger charge is -2.13. The molecule has 35 heavy (non-hydrogen) atoms. The Bertz CT molecular complexity index is 1560. The van der Waals surface area contributed by atoms with E-state index >= 15 is 0 Å². The molecule has 2 aromatic carbocycles. The van der Waals surface area contributed by atoms with Crippen LogP contribution in [0.25, 0.3) is 22.4 Å². The SMILES string of the molecule is COc1ccc(-c2nc(SCC(=O)c3ccc(Cl)cc3)c3c(=O)n(C)c(=O)n(C)c3n2)cc1OC.